The van der Waals surface area contributed by atoms with Gasteiger partial charge in [-0.15, -0.1) is 0 Å². The van der Waals surface area contributed by atoms with Crippen molar-refractivity contribution >= 4 is 17.5 Å². The summed E-state index contributed by atoms with van der Waals surface area (Å²) in [5, 5.41) is 3.12. The van der Waals surface area contributed by atoms with Crippen LogP contribution in [-0.4, -0.2) is 21.5 Å². The van der Waals surface area contributed by atoms with E-state index >= 15 is 0 Å². The number of rotatable bonds is 2. The number of nitrogens with zero attached hydrogens (tertiary/aromatic N) is 3. The Morgan fingerprint density at radius 1 is 1.60 bits per heavy atom. The maximum atomic E-state index is 5.48. The fraction of sp³-hybridized carbons (Fsp3) is 0.400. The molecular formula is C5H7ClN4. The van der Waals surface area contributed by atoms with Crippen molar-refractivity contribution in [3.8, 4) is 0 Å². The van der Waals surface area contributed by atoms with Crippen LogP contribution in [0, 0.1) is 0 Å². The lowest BCUT2D eigenvalue weighted by molar-refractivity contribution is 1.02. The molecule has 1 aromatic rings. The molecule has 0 aromatic carbocycles. The number of aromatic nitrogens is 3. The van der Waals surface area contributed by atoms with Gasteiger partial charge in [-0.05, 0) is 18.5 Å². The van der Waals surface area contributed by atoms with Crippen LogP contribution < -0.4 is 5.32 Å². The van der Waals surface area contributed by atoms with E-state index in [0.717, 1.165) is 6.54 Å². The van der Waals surface area contributed by atoms with Crippen molar-refractivity contribution in [1.82, 2.24) is 15.0 Å². The van der Waals surface area contributed by atoms with Crippen LogP contribution in [0.5, 0.6) is 0 Å². The summed E-state index contributed by atoms with van der Waals surface area (Å²) in [4.78, 5) is 11.2. The van der Waals surface area contributed by atoms with E-state index in [1.807, 2.05) is 6.92 Å². The van der Waals surface area contributed by atoms with Gasteiger partial charge in [-0.25, -0.2) is 9.97 Å². The third-order valence-electron chi connectivity index (χ3n) is 0.877. The Morgan fingerprint density at radius 2 is 2.40 bits per heavy atom. The molecule has 0 spiro atoms. The van der Waals surface area contributed by atoms with Gasteiger partial charge in [-0.3, -0.25) is 0 Å². The molecule has 5 heteroatoms. The first-order valence-corrected chi connectivity index (χ1v) is 3.29. The number of anilines is 1. The summed E-state index contributed by atoms with van der Waals surface area (Å²) in [5.41, 5.74) is 0. The smallest absolute Gasteiger partial charge is 0.227 e. The lowest BCUT2D eigenvalue weighted by atomic mass is 10.7. The Morgan fingerprint density at radius 3 is 3.00 bits per heavy atom. The minimum atomic E-state index is 0.214. The molecule has 0 aliphatic carbocycles. The normalized spacial score (nSPS) is 9.40. The molecule has 10 heavy (non-hydrogen) atoms. The zero-order valence-electron chi connectivity index (χ0n) is 5.50. The van der Waals surface area contributed by atoms with E-state index in [4.69, 9.17) is 11.6 Å². The van der Waals surface area contributed by atoms with E-state index in [1.54, 1.807) is 0 Å². The molecule has 0 atom stereocenters. The highest BCUT2D eigenvalue weighted by atomic mass is 35.5. The molecule has 0 radical (unpaired) electrons. The SMILES string of the molecule is CCNc1ncnc(Cl)n1. The molecule has 0 aliphatic rings. The van der Waals surface area contributed by atoms with Crippen molar-refractivity contribution in [2.45, 2.75) is 6.92 Å². The fourth-order valence-corrected chi connectivity index (χ4v) is 0.643. The molecule has 1 rings (SSSR count). The summed E-state index contributed by atoms with van der Waals surface area (Å²) in [6, 6.07) is 0. The van der Waals surface area contributed by atoms with E-state index in [0.29, 0.717) is 5.95 Å². The summed E-state index contributed by atoms with van der Waals surface area (Å²) < 4.78 is 0. The molecule has 54 valence electrons. The second kappa shape index (κ2) is 3.31. The Bertz CT molecular complexity index is 215. The highest BCUT2D eigenvalue weighted by Crippen LogP contribution is 2.00. The third kappa shape index (κ3) is 1.80. The molecule has 1 N–H and O–H groups in total. The summed E-state index contributed by atoms with van der Waals surface area (Å²) >= 11 is 5.48. The highest BCUT2D eigenvalue weighted by molar-refractivity contribution is 6.28. The van der Waals surface area contributed by atoms with Gasteiger partial charge in [0.2, 0.25) is 11.2 Å². The minimum absolute atomic E-state index is 0.214. The van der Waals surface area contributed by atoms with Gasteiger partial charge in [0.25, 0.3) is 0 Å². The van der Waals surface area contributed by atoms with Gasteiger partial charge in [-0.1, -0.05) is 0 Å². The fourth-order valence-electron chi connectivity index (χ4n) is 0.520. The van der Waals surface area contributed by atoms with Crippen LogP contribution in [0.3, 0.4) is 0 Å². The van der Waals surface area contributed by atoms with Gasteiger partial charge in [0.1, 0.15) is 6.33 Å². The summed E-state index contributed by atoms with van der Waals surface area (Å²) in [7, 11) is 0. The summed E-state index contributed by atoms with van der Waals surface area (Å²) in [5.74, 6) is 0.516. The predicted octanol–water partition coefficient (Wildman–Crippen LogP) is 0.957. The van der Waals surface area contributed by atoms with Crippen LogP contribution >= 0.6 is 11.6 Å². The van der Waals surface area contributed by atoms with Crippen molar-refractivity contribution in [2.75, 3.05) is 11.9 Å². The molecule has 0 saturated carbocycles. The van der Waals surface area contributed by atoms with Gasteiger partial charge in [0, 0.05) is 6.54 Å². The van der Waals surface area contributed by atoms with Crippen molar-refractivity contribution < 1.29 is 0 Å². The van der Waals surface area contributed by atoms with E-state index in [1.165, 1.54) is 6.33 Å². The first kappa shape index (κ1) is 7.21. The van der Waals surface area contributed by atoms with E-state index in [2.05, 4.69) is 20.3 Å². The van der Waals surface area contributed by atoms with Crippen LogP contribution in [0.25, 0.3) is 0 Å². The lowest BCUT2D eigenvalue weighted by Crippen LogP contribution is -2.02. The van der Waals surface area contributed by atoms with Crippen LogP contribution in [0.1, 0.15) is 6.92 Å². The van der Waals surface area contributed by atoms with Crippen molar-refractivity contribution in [2.24, 2.45) is 0 Å². The Hall–Kier alpha value is -0.900. The molecule has 0 amide bonds. The molecule has 0 bridgehead atoms. The molecule has 0 aliphatic heterocycles. The predicted molar refractivity (Wildman–Crippen MR) is 39.0 cm³/mol. The maximum absolute atomic E-state index is 5.48. The van der Waals surface area contributed by atoms with Crippen LogP contribution in [0.4, 0.5) is 5.95 Å². The van der Waals surface area contributed by atoms with Gasteiger partial charge >= 0.3 is 0 Å². The van der Waals surface area contributed by atoms with Crippen LogP contribution in [0.15, 0.2) is 6.33 Å². The zero-order valence-corrected chi connectivity index (χ0v) is 6.26. The van der Waals surface area contributed by atoms with E-state index in [-0.39, 0.29) is 5.28 Å². The lowest BCUT2D eigenvalue weighted by Gasteiger charge is -1.97. The van der Waals surface area contributed by atoms with Gasteiger partial charge in [0.15, 0.2) is 0 Å². The average Bonchev–Trinajstić information content (AvgIpc) is 1.88. The highest BCUT2D eigenvalue weighted by Gasteiger charge is 1.93. The number of halogens is 1. The van der Waals surface area contributed by atoms with Crippen LogP contribution in [-0.2, 0) is 0 Å². The van der Waals surface area contributed by atoms with Crippen LogP contribution in [0.2, 0.25) is 5.28 Å². The zero-order chi connectivity index (χ0) is 7.40. The first-order valence-electron chi connectivity index (χ1n) is 2.91. The van der Waals surface area contributed by atoms with Gasteiger partial charge in [-0.2, -0.15) is 4.98 Å². The molecular weight excluding hydrogens is 152 g/mol. The molecule has 0 fully saturated rings. The quantitative estimate of drug-likeness (QED) is 0.697. The Labute approximate surface area is 63.7 Å². The minimum Gasteiger partial charge on any atom is -0.354 e. The second-order valence-electron chi connectivity index (χ2n) is 1.61. The molecule has 0 unspecified atom stereocenters. The van der Waals surface area contributed by atoms with Crippen molar-refractivity contribution in [3.63, 3.8) is 0 Å². The monoisotopic (exact) mass is 158 g/mol. The Balaban J connectivity index is 2.75. The van der Waals surface area contributed by atoms with Gasteiger partial charge < -0.3 is 5.32 Å². The molecule has 1 heterocycles. The molecule has 0 saturated heterocycles. The van der Waals surface area contributed by atoms with E-state index < -0.39 is 0 Å². The number of hydrogen-bond donors (Lipinski definition) is 1. The van der Waals surface area contributed by atoms with Crippen molar-refractivity contribution in [1.29, 1.82) is 0 Å². The van der Waals surface area contributed by atoms with Crippen molar-refractivity contribution in [3.05, 3.63) is 11.6 Å². The molecule has 4 nitrogen and oxygen atoms in total. The number of hydrogen-bond acceptors (Lipinski definition) is 4. The largest absolute Gasteiger partial charge is 0.354 e. The Kier molecular flexibility index (Phi) is 2.39. The summed E-state index contributed by atoms with van der Waals surface area (Å²) in [6.07, 6.45) is 1.37. The maximum Gasteiger partial charge on any atom is 0.227 e. The average molecular weight is 159 g/mol. The summed E-state index contributed by atoms with van der Waals surface area (Å²) in [6.45, 7) is 2.73. The second-order valence-corrected chi connectivity index (χ2v) is 1.95. The molecule has 1 aromatic heterocycles. The first-order chi connectivity index (χ1) is 4.83. The van der Waals surface area contributed by atoms with Gasteiger partial charge in [0.05, 0.1) is 0 Å². The standard InChI is InChI=1S/C5H7ClN4/c1-2-7-5-9-3-8-4(6)10-5/h3H,2H2,1H3,(H,7,8,9,10). The van der Waals surface area contributed by atoms with E-state index in [9.17, 15) is 0 Å². The third-order valence-corrected chi connectivity index (χ3v) is 1.06. The number of nitrogens with one attached hydrogen (secondary N) is 1. The topological polar surface area (TPSA) is 50.7 Å².